The zero-order valence-electron chi connectivity index (χ0n) is 13.2. The van der Waals surface area contributed by atoms with Crippen LogP contribution in [0.25, 0.3) is 0 Å². The third-order valence-corrected chi connectivity index (χ3v) is 5.98. The predicted molar refractivity (Wildman–Crippen MR) is 85.1 cm³/mol. The van der Waals surface area contributed by atoms with Crippen molar-refractivity contribution in [1.82, 2.24) is 19.5 Å². The molecule has 2 heterocycles. The van der Waals surface area contributed by atoms with E-state index in [1.165, 1.54) is 35.9 Å². The minimum atomic E-state index is -3.65. The number of likely N-dealkylation sites (N-methyl/N-ethyl adjacent to an activating group) is 1. The largest absolute Gasteiger partial charge is 0.376 e. The molecule has 24 heavy (non-hydrogen) atoms. The molecule has 2 aromatic rings. The molecule has 1 aliphatic rings. The molecule has 130 valence electrons. The van der Waals surface area contributed by atoms with Crippen LogP contribution >= 0.6 is 0 Å². The highest BCUT2D eigenvalue weighted by Crippen LogP contribution is 2.29. The van der Waals surface area contributed by atoms with Crippen LogP contribution in [0.2, 0.25) is 0 Å². The second kappa shape index (κ2) is 6.96. The number of hydrogen-bond donors (Lipinski definition) is 1. The van der Waals surface area contributed by atoms with Gasteiger partial charge in [-0.3, -0.25) is 5.10 Å². The van der Waals surface area contributed by atoms with Gasteiger partial charge in [0.2, 0.25) is 10.0 Å². The normalized spacial score (nSPS) is 21.5. The van der Waals surface area contributed by atoms with Gasteiger partial charge in [-0.15, -0.1) is 0 Å². The zero-order chi connectivity index (χ0) is 17.2. The van der Waals surface area contributed by atoms with Crippen LogP contribution < -0.4 is 0 Å². The number of benzene rings is 1. The first-order valence-electron chi connectivity index (χ1n) is 7.61. The summed E-state index contributed by atoms with van der Waals surface area (Å²) in [6.45, 7) is 0.722. The third kappa shape index (κ3) is 3.63. The average Bonchev–Trinajstić information content (AvgIpc) is 3.20. The van der Waals surface area contributed by atoms with Crippen LogP contribution in [0.4, 0.5) is 4.39 Å². The Morgan fingerprint density at radius 1 is 1.42 bits per heavy atom. The van der Waals surface area contributed by atoms with Crippen molar-refractivity contribution in [1.29, 1.82) is 0 Å². The SMILES string of the molecule is CN(C[C@H]1OCC[C@H]1c1ncn[nH]1)S(=O)(=O)Cc1ccccc1F. The Balaban J connectivity index is 1.69. The lowest BCUT2D eigenvalue weighted by Gasteiger charge is -2.23. The molecule has 0 bridgehead atoms. The summed E-state index contributed by atoms with van der Waals surface area (Å²) in [7, 11) is -2.17. The first kappa shape index (κ1) is 17.0. The number of H-pyrrole nitrogens is 1. The van der Waals surface area contributed by atoms with E-state index in [-0.39, 0.29) is 29.9 Å². The maximum absolute atomic E-state index is 13.7. The second-order valence-electron chi connectivity index (χ2n) is 5.80. The van der Waals surface area contributed by atoms with E-state index in [4.69, 9.17) is 4.74 Å². The van der Waals surface area contributed by atoms with Crippen LogP contribution in [-0.2, 0) is 20.5 Å². The zero-order valence-corrected chi connectivity index (χ0v) is 14.0. The molecule has 0 saturated carbocycles. The van der Waals surface area contributed by atoms with E-state index in [9.17, 15) is 12.8 Å². The summed E-state index contributed by atoms with van der Waals surface area (Å²) < 4.78 is 45.6. The van der Waals surface area contributed by atoms with Crippen molar-refractivity contribution in [3.8, 4) is 0 Å². The van der Waals surface area contributed by atoms with E-state index in [1.807, 2.05) is 0 Å². The fraction of sp³-hybridized carbons (Fsp3) is 0.467. The van der Waals surface area contributed by atoms with Gasteiger partial charge in [0.1, 0.15) is 18.0 Å². The van der Waals surface area contributed by atoms with Crippen molar-refractivity contribution in [2.45, 2.75) is 24.2 Å². The maximum Gasteiger partial charge on any atom is 0.218 e. The molecule has 1 N–H and O–H groups in total. The standard InChI is InChI=1S/C15H19FN4O3S/c1-20(24(21,22)9-11-4-2-3-5-13(11)16)8-14-12(6-7-23-14)15-17-10-18-19-15/h2-5,10,12,14H,6-9H2,1H3,(H,17,18,19)/t12-,14-/m1/s1. The van der Waals surface area contributed by atoms with Crippen LogP contribution in [0.5, 0.6) is 0 Å². The summed E-state index contributed by atoms with van der Waals surface area (Å²) in [5.74, 6) is -0.238. The molecule has 0 aliphatic carbocycles. The number of aromatic amines is 1. The van der Waals surface area contributed by atoms with Gasteiger partial charge in [-0.2, -0.15) is 5.10 Å². The molecule has 1 saturated heterocycles. The maximum atomic E-state index is 13.7. The van der Waals surface area contributed by atoms with Crippen molar-refractivity contribution in [2.24, 2.45) is 0 Å². The van der Waals surface area contributed by atoms with Gasteiger partial charge in [-0.1, -0.05) is 18.2 Å². The van der Waals surface area contributed by atoms with Crippen molar-refractivity contribution in [3.05, 3.63) is 47.8 Å². The molecular formula is C15H19FN4O3S. The van der Waals surface area contributed by atoms with Crippen molar-refractivity contribution in [3.63, 3.8) is 0 Å². The number of rotatable bonds is 6. The monoisotopic (exact) mass is 354 g/mol. The van der Waals surface area contributed by atoms with Crippen LogP contribution in [0.1, 0.15) is 23.7 Å². The Morgan fingerprint density at radius 3 is 2.92 bits per heavy atom. The van der Waals surface area contributed by atoms with Gasteiger partial charge in [-0.05, 0) is 12.5 Å². The van der Waals surface area contributed by atoms with Gasteiger partial charge in [0.25, 0.3) is 0 Å². The van der Waals surface area contributed by atoms with Crippen LogP contribution in [-0.4, -0.2) is 54.2 Å². The van der Waals surface area contributed by atoms with Gasteiger partial charge >= 0.3 is 0 Å². The molecule has 0 radical (unpaired) electrons. The summed E-state index contributed by atoms with van der Waals surface area (Å²) in [4.78, 5) is 4.13. The first-order valence-corrected chi connectivity index (χ1v) is 9.22. The van der Waals surface area contributed by atoms with Gasteiger partial charge in [0.15, 0.2) is 0 Å². The van der Waals surface area contributed by atoms with Crippen molar-refractivity contribution >= 4 is 10.0 Å². The molecule has 2 atom stereocenters. The summed E-state index contributed by atoms with van der Waals surface area (Å²) in [6.07, 6.45) is 1.86. The van der Waals surface area contributed by atoms with Crippen LogP contribution in [0.3, 0.4) is 0 Å². The number of sulfonamides is 1. The molecule has 0 amide bonds. The van der Waals surface area contributed by atoms with Gasteiger partial charge in [-0.25, -0.2) is 22.1 Å². The molecule has 1 aliphatic heterocycles. The average molecular weight is 354 g/mol. The molecule has 9 heteroatoms. The van der Waals surface area contributed by atoms with Crippen molar-refractivity contribution in [2.75, 3.05) is 20.2 Å². The fourth-order valence-corrected chi connectivity index (χ4v) is 4.05. The summed E-state index contributed by atoms with van der Waals surface area (Å²) in [5, 5.41) is 6.64. The van der Waals surface area contributed by atoms with Gasteiger partial charge in [0, 0.05) is 31.7 Å². The Bertz CT molecular complexity index is 782. The fourth-order valence-electron chi connectivity index (χ4n) is 2.82. The van der Waals surface area contributed by atoms with Gasteiger partial charge < -0.3 is 4.74 Å². The highest BCUT2D eigenvalue weighted by atomic mass is 32.2. The summed E-state index contributed by atoms with van der Waals surface area (Å²) in [5.41, 5.74) is 0.156. The lowest BCUT2D eigenvalue weighted by molar-refractivity contribution is 0.0893. The van der Waals surface area contributed by atoms with E-state index in [0.29, 0.717) is 12.4 Å². The molecule has 1 aromatic heterocycles. The minimum absolute atomic E-state index is 0.0291. The number of ether oxygens (including phenoxy) is 1. The van der Waals surface area contributed by atoms with E-state index in [0.717, 1.165) is 6.42 Å². The molecule has 3 rings (SSSR count). The number of nitrogens with one attached hydrogen (secondary N) is 1. The highest BCUT2D eigenvalue weighted by molar-refractivity contribution is 7.88. The Hall–Kier alpha value is -1.84. The lowest BCUT2D eigenvalue weighted by atomic mass is 10.0. The van der Waals surface area contributed by atoms with Crippen LogP contribution in [0, 0.1) is 5.82 Å². The van der Waals surface area contributed by atoms with E-state index in [1.54, 1.807) is 6.07 Å². The number of aromatic nitrogens is 3. The van der Waals surface area contributed by atoms with Gasteiger partial charge in [0.05, 0.1) is 11.9 Å². The predicted octanol–water partition coefficient (Wildman–Crippen LogP) is 1.28. The second-order valence-corrected chi connectivity index (χ2v) is 7.88. The quantitative estimate of drug-likeness (QED) is 0.844. The van der Waals surface area contributed by atoms with E-state index in [2.05, 4.69) is 15.2 Å². The van der Waals surface area contributed by atoms with E-state index >= 15 is 0 Å². The minimum Gasteiger partial charge on any atom is -0.376 e. The molecule has 7 nitrogen and oxygen atoms in total. The number of nitrogens with zero attached hydrogens (tertiary/aromatic N) is 3. The Labute approximate surface area is 139 Å². The molecule has 1 aromatic carbocycles. The third-order valence-electron chi connectivity index (χ3n) is 4.20. The Kier molecular flexibility index (Phi) is 4.93. The Morgan fingerprint density at radius 2 is 2.21 bits per heavy atom. The van der Waals surface area contributed by atoms with Crippen molar-refractivity contribution < 1.29 is 17.5 Å². The molecule has 1 fully saturated rings. The molecular weight excluding hydrogens is 335 g/mol. The lowest BCUT2D eigenvalue weighted by Crippen LogP contribution is -2.37. The topological polar surface area (TPSA) is 88.2 Å². The number of hydrogen-bond acceptors (Lipinski definition) is 5. The highest BCUT2D eigenvalue weighted by Gasteiger charge is 2.34. The number of halogens is 1. The van der Waals surface area contributed by atoms with Crippen LogP contribution in [0.15, 0.2) is 30.6 Å². The summed E-state index contributed by atoms with van der Waals surface area (Å²) >= 11 is 0. The van der Waals surface area contributed by atoms with E-state index < -0.39 is 15.8 Å². The smallest absolute Gasteiger partial charge is 0.218 e. The summed E-state index contributed by atoms with van der Waals surface area (Å²) in [6, 6.07) is 5.88. The molecule has 0 unspecified atom stereocenters. The molecule has 0 spiro atoms. The first-order chi connectivity index (χ1) is 11.5.